The summed E-state index contributed by atoms with van der Waals surface area (Å²) in [5, 5.41) is 3.56. The molecule has 1 aliphatic heterocycles. The number of hydrogen-bond donors (Lipinski definition) is 1. The number of amides is 1. The molecular formula is C27H30N2O3. The fourth-order valence-corrected chi connectivity index (χ4v) is 3.98. The molecule has 5 heteroatoms. The Morgan fingerprint density at radius 1 is 0.969 bits per heavy atom. The maximum Gasteiger partial charge on any atom is 0.257 e. The van der Waals surface area contributed by atoms with Crippen LogP contribution in [0.2, 0.25) is 0 Å². The molecule has 3 aromatic carbocycles. The molecule has 0 bridgehead atoms. The highest BCUT2D eigenvalue weighted by atomic mass is 16.5. The number of nitrogens with zero attached hydrogens (tertiary/aromatic N) is 1. The molecule has 0 saturated carbocycles. The smallest absolute Gasteiger partial charge is 0.257 e. The summed E-state index contributed by atoms with van der Waals surface area (Å²) in [7, 11) is 1.65. The van der Waals surface area contributed by atoms with E-state index in [4.69, 9.17) is 9.47 Å². The number of methoxy groups -OCH3 is 1. The highest BCUT2D eigenvalue weighted by Crippen LogP contribution is 2.37. The zero-order valence-electron chi connectivity index (χ0n) is 18.7. The van der Waals surface area contributed by atoms with Gasteiger partial charge in [0.25, 0.3) is 5.91 Å². The average molecular weight is 431 g/mol. The monoisotopic (exact) mass is 430 g/mol. The first-order valence-corrected chi connectivity index (χ1v) is 11.2. The minimum Gasteiger partial charge on any atom is -0.493 e. The molecule has 1 atom stereocenters. The summed E-state index contributed by atoms with van der Waals surface area (Å²) in [4.78, 5) is 15.4. The lowest BCUT2D eigenvalue weighted by Gasteiger charge is -2.38. The van der Waals surface area contributed by atoms with Gasteiger partial charge in [0.15, 0.2) is 11.5 Å². The third-order valence-electron chi connectivity index (χ3n) is 5.77. The molecule has 1 aliphatic rings. The molecular weight excluding hydrogens is 400 g/mol. The van der Waals surface area contributed by atoms with Crippen molar-refractivity contribution in [1.82, 2.24) is 4.90 Å². The lowest BCUT2D eigenvalue weighted by Crippen LogP contribution is -2.44. The summed E-state index contributed by atoms with van der Waals surface area (Å²) in [6.07, 6.45) is 2.56. The van der Waals surface area contributed by atoms with Crippen molar-refractivity contribution in [3.63, 3.8) is 0 Å². The van der Waals surface area contributed by atoms with Gasteiger partial charge < -0.3 is 19.7 Å². The van der Waals surface area contributed by atoms with E-state index < -0.39 is 0 Å². The van der Waals surface area contributed by atoms with Gasteiger partial charge in [-0.1, -0.05) is 61.9 Å². The molecule has 0 fully saturated rings. The summed E-state index contributed by atoms with van der Waals surface area (Å²) in [6, 6.07) is 23.8. The second-order valence-corrected chi connectivity index (χ2v) is 7.94. The van der Waals surface area contributed by atoms with E-state index in [2.05, 4.69) is 24.4 Å². The first-order valence-electron chi connectivity index (χ1n) is 11.2. The van der Waals surface area contributed by atoms with Crippen LogP contribution in [0.15, 0.2) is 72.8 Å². The van der Waals surface area contributed by atoms with Gasteiger partial charge in [-0.15, -0.1) is 0 Å². The largest absolute Gasteiger partial charge is 0.493 e. The number of rotatable bonds is 9. The van der Waals surface area contributed by atoms with Crippen LogP contribution in [0.3, 0.4) is 0 Å². The highest BCUT2D eigenvalue weighted by Gasteiger charge is 2.33. The van der Waals surface area contributed by atoms with Gasteiger partial charge in [0.1, 0.15) is 6.17 Å². The van der Waals surface area contributed by atoms with E-state index in [9.17, 15) is 4.79 Å². The topological polar surface area (TPSA) is 50.8 Å². The third-order valence-corrected chi connectivity index (χ3v) is 5.77. The number of unbranched alkanes of at least 4 members (excludes halogenated alkanes) is 1. The molecule has 0 radical (unpaired) electrons. The molecule has 1 unspecified atom stereocenters. The van der Waals surface area contributed by atoms with Crippen LogP contribution in [0.1, 0.15) is 47.4 Å². The van der Waals surface area contributed by atoms with Gasteiger partial charge in [0.05, 0.1) is 19.3 Å². The van der Waals surface area contributed by atoms with Crippen molar-refractivity contribution in [2.75, 3.05) is 25.6 Å². The highest BCUT2D eigenvalue weighted by molar-refractivity contribution is 6.01. The number of carbonyl (C=O) groups excluding carboxylic acids is 1. The lowest BCUT2D eigenvalue weighted by atomic mass is 10.0. The van der Waals surface area contributed by atoms with Gasteiger partial charge in [-0.05, 0) is 48.2 Å². The summed E-state index contributed by atoms with van der Waals surface area (Å²) < 4.78 is 11.5. The molecule has 1 heterocycles. The molecule has 5 nitrogen and oxygen atoms in total. The Bertz CT molecular complexity index is 1050. The van der Waals surface area contributed by atoms with E-state index in [0.29, 0.717) is 24.5 Å². The van der Waals surface area contributed by atoms with E-state index in [1.54, 1.807) is 7.11 Å². The fraction of sp³-hybridized carbons (Fsp3) is 0.296. The molecule has 32 heavy (non-hydrogen) atoms. The van der Waals surface area contributed by atoms with Crippen LogP contribution < -0.4 is 14.8 Å². The van der Waals surface area contributed by atoms with Crippen molar-refractivity contribution in [2.45, 2.75) is 32.4 Å². The van der Waals surface area contributed by atoms with E-state index in [1.807, 2.05) is 65.6 Å². The van der Waals surface area contributed by atoms with Crippen LogP contribution in [0.4, 0.5) is 5.69 Å². The zero-order chi connectivity index (χ0) is 22.3. The Hall–Kier alpha value is -3.47. The third kappa shape index (κ3) is 4.72. The molecule has 3 aromatic rings. The standard InChI is InChI=1S/C27H30N2O3/c1-3-4-18-32-24-15-14-21(19-25(24)31-2)26-28-23-13-9-8-12-22(23)27(30)29(26)17-16-20-10-6-5-7-11-20/h5-15,19,26,28H,3-4,16-18H2,1-2H3. The number of ether oxygens (including phenoxy) is 2. The maximum absolute atomic E-state index is 13.4. The van der Waals surface area contributed by atoms with Gasteiger partial charge in [-0.25, -0.2) is 0 Å². The normalized spacial score (nSPS) is 15.1. The van der Waals surface area contributed by atoms with Crippen LogP contribution >= 0.6 is 0 Å². The van der Waals surface area contributed by atoms with Crippen molar-refractivity contribution in [3.05, 3.63) is 89.5 Å². The van der Waals surface area contributed by atoms with Gasteiger partial charge >= 0.3 is 0 Å². The van der Waals surface area contributed by atoms with Crippen LogP contribution in [-0.2, 0) is 6.42 Å². The molecule has 0 saturated heterocycles. The predicted octanol–water partition coefficient (Wildman–Crippen LogP) is 5.68. The number of benzene rings is 3. The van der Waals surface area contributed by atoms with Crippen molar-refractivity contribution < 1.29 is 14.3 Å². The first-order chi connectivity index (χ1) is 15.7. The number of anilines is 1. The predicted molar refractivity (Wildman–Crippen MR) is 127 cm³/mol. The van der Waals surface area contributed by atoms with Gasteiger partial charge in [0.2, 0.25) is 0 Å². The van der Waals surface area contributed by atoms with Crippen LogP contribution in [0.25, 0.3) is 0 Å². The minimum absolute atomic E-state index is 0.0301. The van der Waals surface area contributed by atoms with E-state index in [-0.39, 0.29) is 12.1 Å². The van der Waals surface area contributed by atoms with Crippen LogP contribution in [0, 0.1) is 0 Å². The average Bonchev–Trinajstić information content (AvgIpc) is 2.84. The van der Waals surface area contributed by atoms with Gasteiger partial charge in [-0.3, -0.25) is 4.79 Å². The fourth-order valence-electron chi connectivity index (χ4n) is 3.98. The number of hydrogen-bond acceptors (Lipinski definition) is 4. The molecule has 1 N–H and O–H groups in total. The summed E-state index contributed by atoms with van der Waals surface area (Å²) in [5.74, 6) is 1.43. The van der Waals surface area contributed by atoms with E-state index >= 15 is 0 Å². The Balaban J connectivity index is 1.63. The maximum atomic E-state index is 13.4. The van der Waals surface area contributed by atoms with E-state index in [0.717, 1.165) is 36.3 Å². The Morgan fingerprint density at radius 2 is 1.75 bits per heavy atom. The first kappa shape index (κ1) is 21.8. The number of nitrogens with one attached hydrogen (secondary N) is 1. The number of fused-ring (bicyclic) bond motifs is 1. The molecule has 0 aliphatic carbocycles. The van der Waals surface area contributed by atoms with Crippen molar-refractivity contribution >= 4 is 11.6 Å². The van der Waals surface area contributed by atoms with E-state index in [1.165, 1.54) is 5.56 Å². The second-order valence-electron chi connectivity index (χ2n) is 7.94. The van der Waals surface area contributed by atoms with Crippen molar-refractivity contribution in [3.8, 4) is 11.5 Å². The van der Waals surface area contributed by atoms with Crippen LogP contribution in [0.5, 0.6) is 11.5 Å². The van der Waals surface area contributed by atoms with Gasteiger partial charge in [-0.2, -0.15) is 0 Å². The zero-order valence-corrected chi connectivity index (χ0v) is 18.7. The Labute approximate surface area is 190 Å². The summed E-state index contributed by atoms with van der Waals surface area (Å²) >= 11 is 0. The SMILES string of the molecule is CCCCOc1ccc(C2Nc3ccccc3C(=O)N2CCc2ccccc2)cc1OC. The molecule has 0 spiro atoms. The molecule has 1 amide bonds. The second kappa shape index (κ2) is 10.2. The molecule has 4 rings (SSSR count). The van der Waals surface area contributed by atoms with Crippen molar-refractivity contribution in [2.24, 2.45) is 0 Å². The summed E-state index contributed by atoms with van der Waals surface area (Å²) in [5.41, 5.74) is 3.71. The summed E-state index contributed by atoms with van der Waals surface area (Å²) in [6.45, 7) is 3.40. The van der Waals surface area contributed by atoms with Crippen LogP contribution in [-0.4, -0.2) is 31.1 Å². The quantitative estimate of drug-likeness (QED) is 0.444. The minimum atomic E-state index is -0.292. The number of para-hydroxylation sites is 1. The lowest BCUT2D eigenvalue weighted by molar-refractivity contribution is 0.0685. The Morgan fingerprint density at radius 3 is 2.53 bits per heavy atom. The van der Waals surface area contributed by atoms with Gasteiger partial charge in [0, 0.05) is 12.2 Å². The number of carbonyl (C=O) groups is 1. The molecule has 166 valence electrons. The molecule has 0 aromatic heterocycles. The van der Waals surface area contributed by atoms with Crippen molar-refractivity contribution in [1.29, 1.82) is 0 Å². The Kier molecular flexibility index (Phi) is 6.95.